The van der Waals surface area contributed by atoms with Crippen LogP contribution in [0.5, 0.6) is 0 Å². The number of rotatable bonds is 6. The highest BCUT2D eigenvalue weighted by atomic mass is 79.9. The van der Waals surface area contributed by atoms with E-state index < -0.39 is 0 Å². The first-order valence-electron chi connectivity index (χ1n) is 15.1. The van der Waals surface area contributed by atoms with Gasteiger partial charge in [0, 0.05) is 29.7 Å². The van der Waals surface area contributed by atoms with E-state index in [1.54, 1.807) is 0 Å². The zero-order valence-electron chi connectivity index (χ0n) is 23.6. The lowest BCUT2D eigenvalue weighted by Crippen LogP contribution is -2.44. The maximum Gasteiger partial charge on any atom is 0.223 e. The molecule has 40 heavy (non-hydrogen) atoms. The quantitative estimate of drug-likeness (QED) is 0.372. The fourth-order valence-corrected chi connectivity index (χ4v) is 7.32. The van der Waals surface area contributed by atoms with Gasteiger partial charge >= 0.3 is 0 Å². The summed E-state index contributed by atoms with van der Waals surface area (Å²) < 4.78 is 1.05. The summed E-state index contributed by atoms with van der Waals surface area (Å²) in [7, 11) is 0. The largest absolute Gasteiger partial charge is 0.356 e. The Morgan fingerprint density at radius 3 is 2.48 bits per heavy atom. The third kappa shape index (κ3) is 6.35. The second-order valence-electron chi connectivity index (χ2n) is 12.1. The van der Waals surface area contributed by atoms with Gasteiger partial charge in [-0.1, -0.05) is 54.1 Å². The summed E-state index contributed by atoms with van der Waals surface area (Å²) in [5.74, 6) is 0.949. The first-order chi connectivity index (χ1) is 19.5. The Bertz CT molecular complexity index is 1260. The Hall–Kier alpha value is -2.54. The van der Waals surface area contributed by atoms with Gasteiger partial charge < -0.3 is 5.32 Å². The van der Waals surface area contributed by atoms with Crippen molar-refractivity contribution in [2.75, 3.05) is 32.7 Å². The molecule has 1 N–H and O–H groups in total. The molecule has 0 spiro atoms. The van der Waals surface area contributed by atoms with E-state index in [0.717, 1.165) is 82.3 Å². The lowest BCUT2D eigenvalue weighted by Gasteiger charge is -2.38. The van der Waals surface area contributed by atoms with Crippen LogP contribution in [0.4, 0.5) is 0 Å². The molecule has 0 bridgehead atoms. The summed E-state index contributed by atoms with van der Waals surface area (Å²) in [6.45, 7) is 8.10. The summed E-state index contributed by atoms with van der Waals surface area (Å²) in [4.78, 5) is 23.3. The summed E-state index contributed by atoms with van der Waals surface area (Å²) >= 11 is 3.64. The molecule has 3 aromatic rings. The number of halogens is 1. The van der Waals surface area contributed by atoms with Gasteiger partial charge in [0.15, 0.2) is 0 Å². The second kappa shape index (κ2) is 12.5. The minimum Gasteiger partial charge on any atom is -0.356 e. The number of fused-ring (bicyclic) bond motifs is 2. The topological polar surface area (TPSA) is 48.5 Å². The van der Waals surface area contributed by atoms with E-state index in [4.69, 9.17) is 4.98 Å². The van der Waals surface area contributed by atoms with E-state index in [-0.39, 0.29) is 17.9 Å². The number of aryl methyl sites for hydroxylation is 3. The van der Waals surface area contributed by atoms with Gasteiger partial charge in [-0.3, -0.25) is 19.6 Å². The number of carbonyl (C=O) groups is 1. The van der Waals surface area contributed by atoms with Gasteiger partial charge in [0.05, 0.1) is 11.7 Å². The van der Waals surface area contributed by atoms with Crippen LogP contribution in [-0.2, 0) is 24.2 Å². The summed E-state index contributed by atoms with van der Waals surface area (Å²) in [5.41, 5.74) is 8.05. The molecule has 2 saturated heterocycles. The Kier molecular flexibility index (Phi) is 8.66. The van der Waals surface area contributed by atoms with Crippen molar-refractivity contribution in [1.29, 1.82) is 0 Å². The SMILES string of the molecule is Cc1ccc2c(c1)CCc1cc(Br)cnc1C2N1CCC(C(=O)NCC2CCN(Cc3ccccc3)CC2)CC1. The molecule has 6 rings (SSSR count). The van der Waals surface area contributed by atoms with E-state index in [2.05, 4.69) is 92.6 Å². The average molecular weight is 602 g/mol. The molecule has 6 heteroatoms. The van der Waals surface area contributed by atoms with Crippen LogP contribution in [0.1, 0.15) is 65.2 Å². The molecule has 1 aromatic heterocycles. The first-order valence-corrected chi connectivity index (χ1v) is 15.8. The molecule has 3 heterocycles. The molecule has 2 aliphatic heterocycles. The smallest absolute Gasteiger partial charge is 0.223 e. The number of piperidine rings is 2. The molecule has 3 aliphatic rings. The normalized spacial score (nSPS) is 20.9. The molecule has 1 unspecified atom stereocenters. The summed E-state index contributed by atoms with van der Waals surface area (Å²) in [6.07, 6.45) is 8.14. The van der Waals surface area contributed by atoms with E-state index in [9.17, 15) is 4.79 Å². The van der Waals surface area contributed by atoms with Gasteiger partial charge in [-0.05, 0) is 122 Å². The number of aromatic nitrogens is 1. The highest BCUT2D eigenvalue weighted by molar-refractivity contribution is 9.10. The van der Waals surface area contributed by atoms with Crippen molar-refractivity contribution < 1.29 is 4.79 Å². The molecular formula is C34H41BrN4O. The number of benzene rings is 2. The van der Waals surface area contributed by atoms with Gasteiger partial charge in [-0.25, -0.2) is 0 Å². The van der Waals surface area contributed by atoms with Crippen molar-refractivity contribution in [1.82, 2.24) is 20.1 Å². The highest BCUT2D eigenvalue weighted by Crippen LogP contribution is 2.38. The van der Waals surface area contributed by atoms with Crippen LogP contribution in [-0.4, -0.2) is 53.4 Å². The summed E-state index contributed by atoms with van der Waals surface area (Å²) in [6, 6.07) is 20.1. The maximum atomic E-state index is 13.2. The van der Waals surface area contributed by atoms with Gasteiger partial charge in [0.2, 0.25) is 5.91 Å². The molecule has 210 valence electrons. The average Bonchev–Trinajstić information content (AvgIpc) is 3.13. The molecule has 1 atom stereocenters. The van der Waals surface area contributed by atoms with Gasteiger partial charge in [0.1, 0.15) is 0 Å². The molecule has 0 saturated carbocycles. The van der Waals surface area contributed by atoms with Gasteiger partial charge in [-0.2, -0.15) is 0 Å². The third-order valence-corrected chi connectivity index (χ3v) is 9.70. The van der Waals surface area contributed by atoms with Crippen LogP contribution in [0.15, 0.2) is 65.3 Å². The Balaban J connectivity index is 1.03. The van der Waals surface area contributed by atoms with Crippen molar-refractivity contribution >= 4 is 21.8 Å². The fourth-order valence-electron chi connectivity index (χ4n) is 6.94. The number of amides is 1. The lowest BCUT2D eigenvalue weighted by atomic mass is 9.90. The zero-order valence-corrected chi connectivity index (χ0v) is 25.2. The third-order valence-electron chi connectivity index (χ3n) is 9.27. The van der Waals surface area contributed by atoms with Crippen LogP contribution >= 0.6 is 15.9 Å². The molecule has 2 aromatic carbocycles. The van der Waals surface area contributed by atoms with Crippen molar-refractivity contribution in [2.45, 2.75) is 58.0 Å². The van der Waals surface area contributed by atoms with E-state index >= 15 is 0 Å². The number of nitrogens with zero attached hydrogens (tertiary/aromatic N) is 3. The highest BCUT2D eigenvalue weighted by Gasteiger charge is 2.34. The molecular weight excluding hydrogens is 560 g/mol. The molecule has 1 amide bonds. The van der Waals surface area contributed by atoms with Crippen LogP contribution < -0.4 is 5.32 Å². The number of nitrogens with one attached hydrogen (secondary N) is 1. The first kappa shape index (κ1) is 27.6. The number of hydrogen-bond donors (Lipinski definition) is 1. The molecule has 2 fully saturated rings. The minimum atomic E-state index is 0.107. The van der Waals surface area contributed by atoms with E-state index in [0.29, 0.717) is 5.92 Å². The monoisotopic (exact) mass is 600 g/mol. The zero-order chi connectivity index (χ0) is 27.5. The van der Waals surface area contributed by atoms with Gasteiger partial charge in [0.25, 0.3) is 0 Å². The van der Waals surface area contributed by atoms with Crippen molar-refractivity contribution in [3.63, 3.8) is 0 Å². The van der Waals surface area contributed by atoms with Crippen molar-refractivity contribution in [2.24, 2.45) is 11.8 Å². The van der Waals surface area contributed by atoms with E-state index in [1.807, 2.05) is 6.20 Å². The standard InChI is InChI=1S/C34H41BrN4O/c1-24-7-10-31-28(19-24)8-9-29-20-30(35)22-36-32(29)33(31)39-17-13-27(14-18-39)34(40)37-21-25-11-15-38(16-12-25)23-26-5-3-2-4-6-26/h2-7,10,19-20,22,25,27,33H,8-9,11-18,21,23H2,1H3,(H,37,40). The second-order valence-corrected chi connectivity index (χ2v) is 13.0. The Labute approximate surface area is 247 Å². The van der Waals surface area contributed by atoms with Crippen LogP contribution in [0, 0.1) is 18.8 Å². The van der Waals surface area contributed by atoms with Crippen LogP contribution in [0.2, 0.25) is 0 Å². The van der Waals surface area contributed by atoms with E-state index in [1.165, 1.54) is 33.5 Å². The van der Waals surface area contributed by atoms with Crippen LogP contribution in [0.3, 0.4) is 0 Å². The fraction of sp³-hybridized carbons (Fsp3) is 0.471. The molecule has 5 nitrogen and oxygen atoms in total. The maximum absolute atomic E-state index is 13.2. The summed E-state index contributed by atoms with van der Waals surface area (Å²) in [5, 5.41) is 3.34. The van der Waals surface area contributed by atoms with Gasteiger partial charge in [-0.15, -0.1) is 0 Å². The number of hydrogen-bond acceptors (Lipinski definition) is 4. The Morgan fingerprint density at radius 1 is 0.950 bits per heavy atom. The lowest BCUT2D eigenvalue weighted by molar-refractivity contribution is -0.126. The molecule has 0 radical (unpaired) electrons. The molecule has 1 aliphatic carbocycles. The van der Waals surface area contributed by atoms with Crippen LogP contribution in [0.25, 0.3) is 0 Å². The van der Waals surface area contributed by atoms with Crippen molar-refractivity contribution in [3.8, 4) is 0 Å². The number of carbonyl (C=O) groups excluding carboxylic acids is 1. The predicted molar refractivity (Wildman–Crippen MR) is 164 cm³/mol. The predicted octanol–water partition coefficient (Wildman–Crippen LogP) is 6.08. The van der Waals surface area contributed by atoms with Crippen molar-refractivity contribution in [3.05, 3.63) is 98.8 Å². The number of likely N-dealkylation sites (tertiary alicyclic amines) is 2. The number of pyridine rings is 1. The minimum absolute atomic E-state index is 0.107. The Morgan fingerprint density at radius 2 is 1.70 bits per heavy atom.